The fraction of sp³-hybridized carbons (Fsp3) is 0.343. The molecular weight excluding hydrogens is 556 g/mol. The highest BCUT2D eigenvalue weighted by atomic mass is 16.5. The van der Waals surface area contributed by atoms with Crippen molar-refractivity contribution in [1.29, 1.82) is 0 Å². The third kappa shape index (κ3) is 5.21. The lowest BCUT2D eigenvalue weighted by Gasteiger charge is -2.24. The Labute approximate surface area is 256 Å². The molecule has 0 bridgehead atoms. The quantitative estimate of drug-likeness (QED) is 0.189. The van der Waals surface area contributed by atoms with E-state index in [9.17, 15) is 9.59 Å². The minimum Gasteiger partial charge on any atom is -0.450 e. The zero-order valence-electron chi connectivity index (χ0n) is 24.9. The van der Waals surface area contributed by atoms with Gasteiger partial charge in [0.2, 0.25) is 0 Å². The molecule has 9 heteroatoms. The Morgan fingerprint density at radius 1 is 1.05 bits per heavy atom. The number of nitrogens with zero attached hydrogens (tertiary/aromatic N) is 2. The van der Waals surface area contributed by atoms with Gasteiger partial charge in [0.15, 0.2) is 17.3 Å². The standard InChI is InChI=1S/C35H36N4O5/c1-3-28-21(2)18-31(44-28)39-19-30-33(38-34(39)40)37-32-22(10-8-16-29(32)43-30)11-9-17-36-35(41)42-20-27-25-14-6-4-12-23(25)24-13-5-7-15-26(24)27/h4-8,10,12-16,19,21,27-28,31H,3,9,11,17-18,20H2,1-2H3,(H,36,41)(H,37,38,40). The van der Waals surface area contributed by atoms with E-state index in [1.54, 1.807) is 6.20 Å². The van der Waals surface area contributed by atoms with Gasteiger partial charge in [-0.05, 0) is 65.5 Å². The maximum atomic E-state index is 12.9. The van der Waals surface area contributed by atoms with Crippen molar-refractivity contribution in [1.82, 2.24) is 14.9 Å². The largest absolute Gasteiger partial charge is 0.450 e. The topological polar surface area (TPSA) is 104 Å². The summed E-state index contributed by atoms with van der Waals surface area (Å²) in [7, 11) is 0. The number of carbonyl (C=O) groups is 1. The van der Waals surface area contributed by atoms with Crippen LogP contribution in [0.4, 0.5) is 16.3 Å². The first-order valence-electron chi connectivity index (χ1n) is 15.4. The first-order chi connectivity index (χ1) is 21.5. The molecule has 3 unspecified atom stereocenters. The minimum atomic E-state index is -0.427. The molecule has 2 N–H and O–H groups in total. The number of benzene rings is 3. The summed E-state index contributed by atoms with van der Waals surface area (Å²) in [5.74, 6) is 1.94. The number of alkyl carbamates (subject to hydrolysis) is 1. The minimum absolute atomic E-state index is 0.0261. The molecule has 0 spiro atoms. The predicted molar refractivity (Wildman–Crippen MR) is 168 cm³/mol. The van der Waals surface area contributed by atoms with Gasteiger partial charge in [-0.3, -0.25) is 4.57 Å². The molecule has 3 aromatic carbocycles. The van der Waals surface area contributed by atoms with E-state index in [0.29, 0.717) is 42.6 Å². The van der Waals surface area contributed by atoms with Gasteiger partial charge in [-0.1, -0.05) is 74.5 Å². The van der Waals surface area contributed by atoms with Crippen LogP contribution in [-0.2, 0) is 15.9 Å². The maximum Gasteiger partial charge on any atom is 0.407 e. The van der Waals surface area contributed by atoms with Crippen molar-refractivity contribution in [3.05, 3.63) is 100 Å². The monoisotopic (exact) mass is 592 g/mol. The first kappa shape index (κ1) is 28.2. The Balaban J connectivity index is 0.945. The zero-order valence-corrected chi connectivity index (χ0v) is 24.9. The van der Waals surface area contributed by atoms with E-state index in [2.05, 4.69) is 53.7 Å². The van der Waals surface area contributed by atoms with Crippen molar-refractivity contribution < 1.29 is 19.0 Å². The number of aryl methyl sites for hydroxylation is 1. The molecule has 1 aliphatic carbocycles. The number of hydrogen-bond donors (Lipinski definition) is 2. The van der Waals surface area contributed by atoms with E-state index < -0.39 is 6.09 Å². The number of hydrogen-bond acceptors (Lipinski definition) is 7. The molecule has 3 heterocycles. The average Bonchev–Trinajstić information content (AvgIpc) is 3.58. The Kier molecular flexibility index (Phi) is 7.56. The second kappa shape index (κ2) is 11.8. The summed E-state index contributed by atoms with van der Waals surface area (Å²) < 4.78 is 19.5. The average molecular weight is 593 g/mol. The van der Waals surface area contributed by atoms with E-state index in [0.717, 1.165) is 24.1 Å². The normalized spacial score (nSPS) is 19.6. The van der Waals surface area contributed by atoms with E-state index in [-0.39, 0.29) is 30.5 Å². The molecule has 44 heavy (non-hydrogen) atoms. The molecule has 4 aromatic rings. The molecule has 1 aromatic heterocycles. The van der Waals surface area contributed by atoms with Crippen LogP contribution in [0.3, 0.4) is 0 Å². The number of fused-ring (bicyclic) bond motifs is 5. The number of nitrogens with one attached hydrogen (secondary N) is 2. The molecular formula is C35H36N4O5. The molecule has 0 saturated carbocycles. The smallest absolute Gasteiger partial charge is 0.407 e. The zero-order chi connectivity index (χ0) is 30.2. The second-order valence-electron chi connectivity index (χ2n) is 11.8. The van der Waals surface area contributed by atoms with Crippen molar-refractivity contribution >= 4 is 17.6 Å². The van der Waals surface area contributed by atoms with Crippen molar-refractivity contribution in [3.63, 3.8) is 0 Å². The molecule has 7 rings (SSSR count). The van der Waals surface area contributed by atoms with E-state index in [1.807, 2.05) is 42.5 Å². The van der Waals surface area contributed by atoms with Crippen LogP contribution >= 0.6 is 0 Å². The molecule has 0 radical (unpaired) electrons. The van der Waals surface area contributed by atoms with Crippen LogP contribution in [0.1, 0.15) is 61.9 Å². The van der Waals surface area contributed by atoms with E-state index in [4.69, 9.17) is 14.2 Å². The molecule has 1 amide bonds. The van der Waals surface area contributed by atoms with Crippen LogP contribution in [0.5, 0.6) is 11.5 Å². The summed E-state index contributed by atoms with van der Waals surface area (Å²) in [4.78, 5) is 29.8. The summed E-state index contributed by atoms with van der Waals surface area (Å²) in [6.45, 7) is 4.98. The highest BCUT2D eigenvalue weighted by Crippen LogP contribution is 2.45. The lowest BCUT2D eigenvalue weighted by Crippen LogP contribution is -2.28. The van der Waals surface area contributed by atoms with Crippen LogP contribution in [-0.4, -0.2) is 34.9 Å². The molecule has 3 aliphatic rings. The second-order valence-corrected chi connectivity index (χ2v) is 11.8. The number of aromatic nitrogens is 2. The van der Waals surface area contributed by atoms with E-state index in [1.165, 1.54) is 26.8 Å². The fourth-order valence-corrected chi connectivity index (χ4v) is 6.73. The first-order valence-corrected chi connectivity index (χ1v) is 15.4. The number of anilines is 2. The van der Waals surface area contributed by atoms with Gasteiger partial charge >= 0.3 is 11.8 Å². The van der Waals surface area contributed by atoms with Crippen LogP contribution < -0.4 is 21.1 Å². The Bertz CT molecular complexity index is 1720. The molecule has 3 atom stereocenters. The molecule has 1 fully saturated rings. The van der Waals surface area contributed by atoms with Gasteiger partial charge in [-0.15, -0.1) is 0 Å². The lowest BCUT2D eigenvalue weighted by molar-refractivity contribution is -0.00774. The summed E-state index contributed by atoms with van der Waals surface area (Å²) in [5, 5.41) is 6.20. The predicted octanol–water partition coefficient (Wildman–Crippen LogP) is 6.90. The number of para-hydroxylation sites is 1. The maximum absolute atomic E-state index is 12.9. The lowest BCUT2D eigenvalue weighted by atomic mass is 9.98. The number of carbonyl (C=O) groups excluding carboxylic acids is 1. The number of amides is 1. The summed E-state index contributed by atoms with van der Waals surface area (Å²) in [5.41, 5.74) is 6.19. The Morgan fingerprint density at radius 2 is 1.80 bits per heavy atom. The van der Waals surface area contributed by atoms with Gasteiger partial charge in [0, 0.05) is 12.5 Å². The third-order valence-electron chi connectivity index (χ3n) is 8.98. The van der Waals surface area contributed by atoms with Gasteiger partial charge in [0.1, 0.15) is 12.8 Å². The van der Waals surface area contributed by atoms with Crippen molar-refractivity contribution in [2.75, 3.05) is 18.5 Å². The van der Waals surface area contributed by atoms with Gasteiger partial charge < -0.3 is 24.8 Å². The van der Waals surface area contributed by atoms with Crippen LogP contribution in [0.15, 0.2) is 77.7 Å². The van der Waals surface area contributed by atoms with Crippen molar-refractivity contribution in [2.24, 2.45) is 5.92 Å². The van der Waals surface area contributed by atoms with Gasteiger partial charge in [0.25, 0.3) is 0 Å². The Morgan fingerprint density at radius 3 is 2.52 bits per heavy atom. The highest BCUT2D eigenvalue weighted by Gasteiger charge is 2.34. The highest BCUT2D eigenvalue weighted by molar-refractivity contribution is 5.79. The summed E-state index contributed by atoms with van der Waals surface area (Å²) in [6, 6.07) is 22.4. The molecule has 2 aliphatic heterocycles. The van der Waals surface area contributed by atoms with Gasteiger partial charge in [-0.2, -0.15) is 4.98 Å². The van der Waals surface area contributed by atoms with Crippen molar-refractivity contribution in [2.45, 2.75) is 57.8 Å². The van der Waals surface area contributed by atoms with Crippen LogP contribution in [0, 0.1) is 5.92 Å². The molecule has 9 nitrogen and oxygen atoms in total. The summed E-state index contributed by atoms with van der Waals surface area (Å²) >= 11 is 0. The SMILES string of the molecule is CCC1OC(n2cc3c(nc2=O)Nc2c(CCCNC(=O)OCC4c5ccccc5-c5ccccc54)cccc2O3)CC1C. The van der Waals surface area contributed by atoms with Crippen LogP contribution in [0.2, 0.25) is 0 Å². The van der Waals surface area contributed by atoms with Gasteiger partial charge in [-0.25, -0.2) is 9.59 Å². The van der Waals surface area contributed by atoms with Gasteiger partial charge in [0.05, 0.1) is 18.0 Å². The van der Waals surface area contributed by atoms with E-state index >= 15 is 0 Å². The summed E-state index contributed by atoms with van der Waals surface area (Å²) in [6.07, 6.45) is 4.09. The van der Waals surface area contributed by atoms with Crippen LogP contribution in [0.25, 0.3) is 11.1 Å². The van der Waals surface area contributed by atoms with Crippen molar-refractivity contribution in [3.8, 4) is 22.6 Å². The Hall–Kier alpha value is -4.63. The number of rotatable bonds is 8. The third-order valence-corrected chi connectivity index (χ3v) is 8.98. The fourth-order valence-electron chi connectivity index (χ4n) is 6.73. The number of ether oxygens (including phenoxy) is 3. The molecule has 226 valence electrons. The molecule has 1 saturated heterocycles.